The molecule has 0 spiro atoms. The predicted molar refractivity (Wildman–Crippen MR) is 94.9 cm³/mol. The second-order valence-electron chi connectivity index (χ2n) is 5.77. The molecule has 1 amide bonds. The van der Waals surface area contributed by atoms with E-state index in [-0.39, 0.29) is 18.1 Å². The highest BCUT2D eigenvalue weighted by Gasteiger charge is 2.21. The van der Waals surface area contributed by atoms with Crippen molar-refractivity contribution in [2.75, 3.05) is 42.9 Å². The van der Waals surface area contributed by atoms with E-state index in [0.717, 1.165) is 13.1 Å². The molecule has 1 aromatic carbocycles. The molecule has 0 bridgehead atoms. The van der Waals surface area contributed by atoms with Gasteiger partial charge in [-0.1, -0.05) is 24.3 Å². The molecule has 1 fully saturated rings. The fourth-order valence-corrected chi connectivity index (χ4v) is 2.78. The summed E-state index contributed by atoms with van der Waals surface area (Å²) in [4.78, 5) is 31.3. The summed E-state index contributed by atoms with van der Waals surface area (Å²) in [5.41, 5.74) is 1.12. The number of carbonyl (C=O) groups is 2. The van der Waals surface area contributed by atoms with Crippen LogP contribution in [0.4, 0.5) is 11.5 Å². The lowest BCUT2D eigenvalue weighted by Gasteiger charge is -2.36. The molecule has 7 nitrogen and oxygen atoms in total. The summed E-state index contributed by atoms with van der Waals surface area (Å²) < 4.78 is 0. The predicted octanol–water partition coefficient (Wildman–Crippen LogP) is 1.54. The van der Waals surface area contributed by atoms with Gasteiger partial charge in [-0.2, -0.15) is 0 Å². The van der Waals surface area contributed by atoms with Crippen LogP contribution < -0.4 is 10.2 Å². The van der Waals surface area contributed by atoms with Crippen LogP contribution in [0.25, 0.3) is 0 Å². The van der Waals surface area contributed by atoms with Crippen molar-refractivity contribution in [3.8, 4) is 0 Å². The Bertz CT molecular complexity index is 743. The van der Waals surface area contributed by atoms with Crippen molar-refractivity contribution in [3.05, 3.63) is 54.2 Å². The number of carboxylic acids is 1. The zero-order chi connectivity index (χ0) is 17.6. The van der Waals surface area contributed by atoms with Crippen LogP contribution in [0.2, 0.25) is 0 Å². The summed E-state index contributed by atoms with van der Waals surface area (Å²) >= 11 is 0. The number of nitrogens with zero attached hydrogens (tertiary/aromatic N) is 3. The molecule has 1 aliphatic rings. The number of amides is 1. The van der Waals surface area contributed by atoms with Crippen LogP contribution in [-0.4, -0.2) is 59.6 Å². The van der Waals surface area contributed by atoms with E-state index < -0.39 is 5.97 Å². The third-order valence-electron chi connectivity index (χ3n) is 4.14. The summed E-state index contributed by atoms with van der Waals surface area (Å²) in [6, 6.07) is 14.8. The standard InChI is InChI=1S/C18H20N4O3/c23-17(13-19-16-8-4-7-15(20-16)18(24)25)22-11-9-21(10-12-22)14-5-2-1-3-6-14/h1-8H,9-13H2,(H,19,20)(H,24,25). The molecule has 0 unspecified atom stereocenters. The lowest BCUT2D eigenvalue weighted by Crippen LogP contribution is -2.50. The van der Waals surface area contributed by atoms with Crippen LogP contribution in [0.3, 0.4) is 0 Å². The third-order valence-corrected chi connectivity index (χ3v) is 4.14. The van der Waals surface area contributed by atoms with Gasteiger partial charge in [-0.15, -0.1) is 0 Å². The van der Waals surface area contributed by atoms with Crippen LogP contribution in [0, 0.1) is 0 Å². The van der Waals surface area contributed by atoms with Crippen molar-refractivity contribution < 1.29 is 14.7 Å². The largest absolute Gasteiger partial charge is 0.477 e. The minimum absolute atomic E-state index is 0.0183. The zero-order valence-corrected chi connectivity index (χ0v) is 13.8. The number of anilines is 2. The third kappa shape index (κ3) is 4.26. The molecule has 1 aromatic heterocycles. The fraction of sp³-hybridized carbons (Fsp3) is 0.278. The molecule has 0 saturated carbocycles. The maximum atomic E-state index is 12.3. The van der Waals surface area contributed by atoms with E-state index in [0.29, 0.717) is 18.9 Å². The van der Waals surface area contributed by atoms with Crippen LogP contribution in [0.1, 0.15) is 10.5 Å². The normalized spacial score (nSPS) is 14.2. The van der Waals surface area contributed by atoms with Crippen molar-refractivity contribution in [1.29, 1.82) is 0 Å². The molecule has 1 saturated heterocycles. The Hall–Kier alpha value is -3.09. The number of nitrogens with one attached hydrogen (secondary N) is 1. The lowest BCUT2D eigenvalue weighted by molar-refractivity contribution is -0.129. The number of hydrogen-bond donors (Lipinski definition) is 2. The highest BCUT2D eigenvalue weighted by Crippen LogP contribution is 2.15. The summed E-state index contributed by atoms with van der Waals surface area (Å²) in [6.45, 7) is 3.02. The number of carboxylic acid groups (broad SMARTS) is 1. The second kappa shape index (κ2) is 7.65. The minimum atomic E-state index is -1.09. The molecule has 130 valence electrons. The summed E-state index contributed by atoms with van der Waals surface area (Å²) in [6.07, 6.45) is 0. The number of pyridine rings is 1. The Morgan fingerprint density at radius 2 is 1.72 bits per heavy atom. The Kier molecular flexibility index (Phi) is 5.13. The zero-order valence-electron chi connectivity index (χ0n) is 13.8. The Balaban J connectivity index is 1.50. The molecule has 25 heavy (non-hydrogen) atoms. The van der Waals surface area contributed by atoms with Gasteiger partial charge in [0.15, 0.2) is 5.69 Å². The van der Waals surface area contributed by atoms with Gasteiger partial charge in [0, 0.05) is 31.9 Å². The van der Waals surface area contributed by atoms with Crippen molar-refractivity contribution >= 4 is 23.4 Å². The number of aromatic nitrogens is 1. The molecule has 7 heteroatoms. The number of rotatable bonds is 5. The maximum absolute atomic E-state index is 12.3. The first-order valence-corrected chi connectivity index (χ1v) is 8.15. The van der Waals surface area contributed by atoms with Gasteiger partial charge in [-0.3, -0.25) is 4.79 Å². The summed E-state index contributed by atoms with van der Waals surface area (Å²) in [5, 5.41) is 11.8. The Morgan fingerprint density at radius 3 is 2.40 bits per heavy atom. The van der Waals surface area contributed by atoms with Crippen molar-refractivity contribution in [1.82, 2.24) is 9.88 Å². The number of benzene rings is 1. The van der Waals surface area contributed by atoms with Crippen molar-refractivity contribution in [2.24, 2.45) is 0 Å². The van der Waals surface area contributed by atoms with Crippen LogP contribution >= 0.6 is 0 Å². The Labute approximate surface area is 145 Å². The van der Waals surface area contributed by atoms with Crippen molar-refractivity contribution in [2.45, 2.75) is 0 Å². The smallest absolute Gasteiger partial charge is 0.354 e. The fourth-order valence-electron chi connectivity index (χ4n) is 2.78. The molecular weight excluding hydrogens is 320 g/mol. The number of piperazine rings is 1. The molecule has 2 N–H and O–H groups in total. The van der Waals surface area contributed by atoms with Gasteiger partial charge in [-0.05, 0) is 24.3 Å². The second-order valence-corrected chi connectivity index (χ2v) is 5.77. The first-order valence-electron chi connectivity index (χ1n) is 8.15. The molecule has 1 aliphatic heterocycles. The van der Waals surface area contributed by atoms with Gasteiger partial charge in [0.25, 0.3) is 0 Å². The molecular formula is C18H20N4O3. The van der Waals surface area contributed by atoms with Gasteiger partial charge in [0.2, 0.25) is 5.91 Å². The van der Waals surface area contributed by atoms with E-state index in [2.05, 4.69) is 27.3 Å². The van der Waals surface area contributed by atoms with Crippen LogP contribution in [-0.2, 0) is 4.79 Å². The number of carbonyl (C=O) groups excluding carboxylic acids is 1. The van der Waals surface area contributed by atoms with Crippen molar-refractivity contribution in [3.63, 3.8) is 0 Å². The summed E-state index contributed by atoms with van der Waals surface area (Å²) in [7, 11) is 0. The first-order chi connectivity index (χ1) is 12.1. The first kappa shape index (κ1) is 16.8. The average Bonchev–Trinajstić information content (AvgIpc) is 2.67. The molecule has 0 radical (unpaired) electrons. The van der Waals surface area contributed by atoms with Gasteiger partial charge >= 0.3 is 5.97 Å². The number of aromatic carboxylic acids is 1. The topological polar surface area (TPSA) is 85.8 Å². The monoisotopic (exact) mass is 340 g/mol. The van der Waals surface area contributed by atoms with E-state index in [1.54, 1.807) is 12.1 Å². The van der Waals surface area contributed by atoms with Gasteiger partial charge in [0.05, 0.1) is 6.54 Å². The SMILES string of the molecule is O=C(O)c1cccc(NCC(=O)N2CCN(c3ccccc3)CC2)n1. The highest BCUT2D eigenvalue weighted by atomic mass is 16.4. The maximum Gasteiger partial charge on any atom is 0.354 e. The van der Waals surface area contributed by atoms with Crippen LogP contribution in [0.5, 0.6) is 0 Å². The lowest BCUT2D eigenvalue weighted by atomic mass is 10.2. The number of hydrogen-bond acceptors (Lipinski definition) is 5. The van der Waals surface area contributed by atoms with E-state index in [1.165, 1.54) is 11.8 Å². The van der Waals surface area contributed by atoms with E-state index in [4.69, 9.17) is 5.11 Å². The number of para-hydroxylation sites is 1. The average molecular weight is 340 g/mol. The molecule has 0 aliphatic carbocycles. The minimum Gasteiger partial charge on any atom is -0.477 e. The van der Waals surface area contributed by atoms with E-state index in [1.807, 2.05) is 23.1 Å². The molecule has 0 atom stereocenters. The molecule has 2 aromatic rings. The van der Waals surface area contributed by atoms with E-state index in [9.17, 15) is 9.59 Å². The van der Waals surface area contributed by atoms with Gasteiger partial charge < -0.3 is 20.2 Å². The van der Waals surface area contributed by atoms with Gasteiger partial charge in [-0.25, -0.2) is 9.78 Å². The summed E-state index contributed by atoms with van der Waals surface area (Å²) in [5.74, 6) is -0.724. The van der Waals surface area contributed by atoms with Crippen LogP contribution in [0.15, 0.2) is 48.5 Å². The quantitative estimate of drug-likeness (QED) is 0.859. The highest BCUT2D eigenvalue weighted by molar-refractivity contribution is 5.86. The Morgan fingerprint density at radius 1 is 1.00 bits per heavy atom. The van der Waals surface area contributed by atoms with E-state index >= 15 is 0 Å². The molecule has 2 heterocycles. The molecule has 3 rings (SSSR count). The van der Waals surface area contributed by atoms with Gasteiger partial charge in [0.1, 0.15) is 5.82 Å².